The van der Waals surface area contributed by atoms with E-state index in [0.717, 1.165) is 23.4 Å². The van der Waals surface area contributed by atoms with Gasteiger partial charge in [-0.15, -0.1) is 0 Å². The lowest BCUT2D eigenvalue weighted by molar-refractivity contribution is 0.0857. The molecule has 74 valence electrons. The van der Waals surface area contributed by atoms with E-state index in [1.54, 1.807) is 7.11 Å². The van der Waals surface area contributed by atoms with Gasteiger partial charge in [-0.25, -0.2) is 0 Å². The lowest BCUT2D eigenvalue weighted by atomic mass is 10.1. The fourth-order valence-electron chi connectivity index (χ4n) is 1.49. The van der Waals surface area contributed by atoms with Crippen molar-refractivity contribution in [1.82, 2.24) is 0 Å². The second kappa shape index (κ2) is 3.70. The van der Waals surface area contributed by atoms with Gasteiger partial charge in [-0.05, 0) is 24.6 Å². The molecule has 3 heteroatoms. The second-order valence-corrected chi connectivity index (χ2v) is 3.40. The maximum atomic E-state index is 5.27. The molecule has 1 atom stereocenters. The zero-order valence-corrected chi connectivity index (χ0v) is 8.36. The van der Waals surface area contributed by atoms with Crippen LogP contribution >= 0.6 is 0 Å². The molecule has 2 rings (SSSR count). The Kier molecular flexibility index (Phi) is 2.39. The first kappa shape index (κ1) is 9.06. The Bertz CT molecular complexity index is 343. The van der Waals surface area contributed by atoms with Crippen LogP contribution in [0.2, 0.25) is 0 Å². The van der Waals surface area contributed by atoms with Crippen LogP contribution in [0.3, 0.4) is 0 Å². The van der Waals surface area contributed by atoms with Crippen molar-refractivity contribution >= 4 is 5.71 Å². The second-order valence-electron chi connectivity index (χ2n) is 3.40. The highest BCUT2D eigenvalue weighted by Gasteiger charge is 2.19. The van der Waals surface area contributed by atoms with E-state index in [1.807, 2.05) is 31.2 Å². The first-order valence-electron chi connectivity index (χ1n) is 4.63. The SMILES string of the molecule is COc1ccc([C@H]2CC(C)=NO2)cc1. The van der Waals surface area contributed by atoms with Gasteiger partial charge in [0.05, 0.1) is 12.8 Å². The lowest BCUT2D eigenvalue weighted by Crippen LogP contribution is -1.97. The molecule has 1 aromatic rings. The van der Waals surface area contributed by atoms with Crippen molar-refractivity contribution in [2.75, 3.05) is 7.11 Å². The summed E-state index contributed by atoms with van der Waals surface area (Å²) in [5, 5.41) is 3.92. The summed E-state index contributed by atoms with van der Waals surface area (Å²) in [4.78, 5) is 5.27. The van der Waals surface area contributed by atoms with Crippen molar-refractivity contribution in [2.24, 2.45) is 5.16 Å². The molecule has 0 saturated carbocycles. The van der Waals surface area contributed by atoms with Crippen LogP contribution < -0.4 is 4.74 Å². The minimum absolute atomic E-state index is 0.0842. The van der Waals surface area contributed by atoms with E-state index in [1.165, 1.54) is 0 Å². The van der Waals surface area contributed by atoms with Crippen LogP contribution in [0.4, 0.5) is 0 Å². The summed E-state index contributed by atoms with van der Waals surface area (Å²) in [5.41, 5.74) is 2.19. The van der Waals surface area contributed by atoms with Crippen LogP contribution in [0.1, 0.15) is 25.0 Å². The quantitative estimate of drug-likeness (QED) is 0.719. The zero-order chi connectivity index (χ0) is 9.97. The first-order valence-corrected chi connectivity index (χ1v) is 4.63. The Labute approximate surface area is 83.3 Å². The van der Waals surface area contributed by atoms with E-state index >= 15 is 0 Å². The summed E-state index contributed by atoms with van der Waals surface area (Å²) in [5.74, 6) is 0.865. The van der Waals surface area contributed by atoms with Crippen molar-refractivity contribution < 1.29 is 9.57 Å². The van der Waals surface area contributed by atoms with Crippen molar-refractivity contribution in [1.29, 1.82) is 0 Å². The summed E-state index contributed by atoms with van der Waals surface area (Å²) in [6.45, 7) is 1.98. The highest BCUT2D eigenvalue weighted by atomic mass is 16.6. The number of hydrogen-bond donors (Lipinski definition) is 0. The molecule has 0 saturated heterocycles. The summed E-state index contributed by atoms with van der Waals surface area (Å²) in [7, 11) is 1.66. The number of ether oxygens (including phenoxy) is 1. The van der Waals surface area contributed by atoms with Gasteiger partial charge >= 0.3 is 0 Å². The summed E-state index contributed by atoms with van der Waals surface area (Å²) < 4.78 is 5.08. The Balaban J connectivity index is 2.11. The van der Waals surface area contributed by atoms with Crippen LogP contribution in [0.15, 0.2) is 29.4 Å². The van der Waals surface area contributed by atoms with E-state index in [0.29, 0.717) is 0 Å². The first-order chi connectivity index (χ1) is 6.79. The molecule has 0 fully saturated rings. The average molecular weight is 191 g/mol. The Morgan fingerprint density at radius 2 is 2.07 bits per heavy atom. The van der Waals surface area contributed by atoms with E-state index < -0.39 is 0 Å². The molecule has 0 radical (unpaired) electrons. The van der Waals surface area contributed by atoms with E-state index in [9.17, 15) is 0 Å². The van der Waals surface area contributed by atoms with Crippen LogP contribution in [0, 0.1) is 0 Å². The molecule has 0 N–H and O–H groups in total. The number of nitrogens with zero attached hydrogens (tertiary/aromatic N) is 1. The lowest BCUT2D eigenvalue weighted by Gasteiger charge is -2.08. The van der Waals surface area contributed by atoms with Gasteiger partial charge in [0.25, 0.3) is 0 Å². The molecular weight excluding hydrogens is 178 g/mol. The van der Waals surface area contributed by atoms with Gasteiger partial charge in [0, 0.05) is 6.42 Å². The van der Waals surface area contributed by atoms with Gasteiger partial charge in [0.1, 0.15) is 5.75 Å². The highest BCUT2D eigenvalue weighted by molar-refractivity contribution is 5.83. The molecule has 1 aliphatic heterocycles. The predicted octanol–water partition coefficient (Wildman–Crippen LogP) is 2.53. The molecule has 14 heavy (non-hydrogen) atoms. The summed E-state index contributed by atoms with van der Waals surface area (Å²) >= 11 is 0. The number of oxime groups is 1. The summed E-state index contributed by atoms with van der Waals surface area (Å²) in [6.07, 6.45) is 0.965. The average Bonchev–Trinajstić information content (AvgIpc) is 2.65. The molecule has 3 nitrogen and oxygen atoms in total. The molecular formula is C11H13NO2. The number of methoxy groups -OCH3 is 1. The minimum atomic E-state index is 0.0842. The standard InChI is InChI=1S/C11H13NO2/c1-8-7-11(14-12-8)9-3-5-10(13-2)6-4-9/h3-6,11H,7H2,1-2H3/t11-/m1/s1. The molecule has 0 amide bonds. The van der Waals surface area contributed by atoms with E-state index in [4.69, 9.17) is 9.57 Å². The van der Waals surface area contributed by atoms with Gasteiger partial charge in [-0.1, -0.05) is 17.3 Å². The molecule has 0 bridgehead atoms. The Morgan fingerprint density at radius 3 is 2.57 bits per heavy atom. The van der Waals surface area contributed by atoms with Crippen LogP contribution in [0.25, 0.3) is 0 Å². The number of benzene rings is 1. The molecule has 0 spiro atoms. The number of rotatable bonds is 2. The monoisotopic (exact) mass is 191 g/mol. The van der Waals surface area contributed by atoms with Gasteiger partial charge < -0.3 is 9.57 Å². The van der Waals surface area contributed by atoms with Crippen molar-refractivity contribution in [2.45, 2.75) is 19.4 Å². The third-order valence-corrected chi connectivity index (χ3v) is 2.30. The smallest absolute Gasteiger partial charge is 0.157 e. The van der Waals surface area contributed by atoms with Gasteiger partial charge in [-0.2, -0.15) is 0 Å². The van der Waals surface area contributed by atoms with Crippen molar-refractivity contribution in [3.8, 4) is 5.75 Å². The van der Waals surface area contributed by atoms with Crippen LogP contribution in [-0.2, 0) is 4.84 Å². The van der Waals surface area contributed by atoms with E-state index in [2.05, 4.69) is 5.16 Å². The molecule has 1 aromatic carbocycles. The van der Waals surface area contributed by atoms with Crippen molar-refractivity contribution in [3.63, 3.8) is 0 Å². The van der Waals surface area contributed by atoms with Crippen LogP contribution in [0.5, 0.6) is 5.75 Å². The summed E-state index contributed by atoms with van der Waals surface area (Å²) in [6, 6.07) is 7.90. The van der Waals surface area contributed by atoms with Crippen molar-refractivity contribution in [3.05, 3.63) is 29.8 Å². The third kappa shape index (κ3) is 1.71. The van der Waals surface area contributed by atoms with Crippen LogP contribution in [-0.4, -0.2) is 12.8 Å². The molecule has 1 aliphatic rings. The fourth-order valence-corrected chi connectivity index (χ4v) is 1.49. The molecule has 0 aliphatic carbocycles. The molecule has 0 unspecified atom stereocenters. The zero-order valence-electron chi connectivity index (χ0n) is 8.36. The topological polar surface area (TPSA) is 30.8 Å². The third-order valence-electron chi connectivity index (χ3n) is 2.30. The molecule has 0 aromatic heterocycles. The maximum Gasteiger partial charge on any atom is 0.157 e. The largest absolute Gasteiger partial charge is 0.497 e. The van der Waals surface area contributed by atoms with Gasteiger partial charge in [0.2, 0.25) is 0 Å². The molecule has 1 heterocycles. The Hall–Kier alpha value is -1.51. The predicted molar refractivity (Wildman–Crippen MR) is 54.5 cm³/mol. The van der Waals surface area contributed by atoms with E-state index in [-0.39, 0.29) is 6.10 Å². The maximum absolute atomic E-state index is 5.27. The normalized spacial score (nSPS) is 20.1. The Morgan fingerprint density at radius 1 is 1.36 bits per heavy atom. The van der Waals surface area contributed by atoms with Gasteiger partial charge in [-0.3, -0.25) is 0 Å². The number of hydrogen-bond acceptors (Lipinski definition) is 3. The highest BCUT2D eigenvalue weighted by Crippen LogP contribution is 2.28. The fraction of sp³-hybridized carbons (Fsp3) is 0.364. The minimum Gasteiger partial charge on any atom is -0.497 e. The van der Waals surface area contributed by atoms with Gasteiger partial charge in [0.15, 0.2) is 6.10 Å².